The van der Waals surface area contributed by atoms with E-state index in [-0.39, 0.29) is 25.0 Å². The summed E-state index contributed by atoms with van der Waals surface area (Å²) in [6.45, 7) is 2.38. The first kappa shape index (κ1) is 9.48. The lowest BCUT2D eigenvalue weighted by Crippen LogP contribution is -2.35. The Balaban J connectivity index is 2.46. The van der Waals surface area contributed by atoms with Gasteiger partial charge in [0.25, 0.3) is 0 Å². The zero-order chi connectivity index (χ0) is 9.14. The van der Waals surface area contributed by atoms with Gasteiger partial charge in [0, 0.05) is 19.2 Å². The summed E-state index contributed by atoms with van der Waals surface area (Å²) in [5, 5.41) is 17.8. The van der Waals surface area contributed by atoms with E-state index in [1.807, 2.05) is 6.92 Å². The molecule has 0 saturated carbocycles. The molecule has 2 unspecified atom stereocenters. The lowest BCUT2D eigenvalue weighted by atomic mass is 10.2. The molecule has 0 spiro atoms. The number of carbonyl (C=O) groups is 1. The molecule has 1 amide bonds. The molecule has 1 rings (SSSR count). The van der Waals surface area contributed by atoms with E-state index in [9.17, 15) is 4.79 Å². The molecule has 2 N–H and O–H groups in total. The van der Waals surface area contributed by atoms with Gasteiger partial charge in [-0.2, -0.15) is 0 Å². The number of hydrogen-bond donors (Lipinski definition) is 2. The van der Waals surface area contributed by atoms with Crippen molar-refractivity contribution in [2.75, 3.05) is 13.2 Å². The van der Waals surface area contributed by atoms with Gasteiger partial charge in [0.1, 0.15) is 0 Å². The smallest absolute Gasteiger partial charge is 0.225 e. The Morgan fingerprint density at radius 2 is 2.42 bits per heavy atom. The second kappa shape index (κ2) is 3.87. The maximum atomic E-state index is 11.2. The predicted octanol–water partition coefficient (Wildman–Crippen LogP) is -0.650. The van der Waals surface area contributed by atoms with E-state index in [2.05, 4.69) is 0 Å². The van der Waals surface area contributed by atoms with Crippen LogP contribution in [0.15, 0.2) is 0 Å². The summed E-state index contributed by atoms with van der Waals surface area (Å²) in [4.78, 5) is 12.8. The summed E-state index contributed by atoms with van der Waals surface area (Å²) in [6, 6.07) is 0.0413. The quantitative estimate of drug-likeness (QED) is 0.596. The maximum absolute atomic E-state index is 11.2. The number of aliphatic hydroxyl groups is 2. The lowest BCUT2D eigenvalue weighted by Gasteiger charge is -2.23. The van der Waals surface area contributed by atoms with Crippen molar-refractivity contribution in [1.29, 1.82) is 0 Å². The van der Waals surface area contributed by atoms with Crippen molar-refractivity contribution in [3.05, 3.63) is 0 Å². The van der Waals surface area contributed by atoms with Gasteiger partial charge >= 0.3 is 0 Å². The van der Waals surface area contributed by atoms with Gasteiger partial charge in [0.2, 0.25) is 5.91 Å². The van der Waals surface area contributed by atoms with E-state index in [0.29, 0.717) is 13.0 Å². The summed E-state index contributed by atoms with van der Waals surface area (Å²) < 4.78 is 0. The number of β-amino-alcohol motifs (C(OH)–C–C–N with tert-alkyl or cyclic N) is 1. The minimum atomic E-state index is -0.515. The molecule has 1 fully saturated rings. The molecule has 1 aliphatic rings. The number of hydrogen-bond acceptors (Lipinski definition) is 3. The van der Waals surface area contributed by atoms with Crippen molar-refractivity contribution in [3.63, 3.8) is 0 Å². The molecule has 4 nitrogen and oxygen atoms in total. The van der Waals surface area contributed by atoms with E-state index in [4.69, 9.17) is 10.2 Å². The van der Waals surface area contributed by atoms with Gasteiger partial charge in [0.15, 0.2) is 0 Å². The van der Waals surface area contributed by atoms with Crippen molar-refractivity contribution in [2.24, 2.45) is 0 Å². The summed E-state index contributed by atoms with van der Waals surface area (Å²) in [6.07, 6.45) is 0.299. The molecule has 0 aliphatic carbocycles. The highest BCUT2D eigenvalue weighted by Crippen LogP contribution is 2.15. The van der Waals surface area contributed by atoms with E-state index in [0.717, 1.165) is 0 Å². The summed E-state index contributed by atoms with van der Waals surface area (Å²) in [5.41, 5.74) is 0. The highest BCUT2D eigenvalue weighted by atomic mass is 16.3. The fourth-order valence-corrected chi connectivity index (χ4v) is 1.48. The third kappa shape index (κ3) is 1.95. The molecule has 0 aromatic carbocycles. The van der Waals surface area contributed by atoms with Gasteiger partial charge < -0.3 is 15.1 Å². The molecule has 0 aromatic heterocycles. The fraction of sp³-hybridized carbons (Fsp3) is 0.875. The SMILES string of the molecule is CC(CCO)N1CC(O)CC1=O. The highest BCUT2D eigenvalue weighted by molar-refractivity contribution is 5.79. The molecule has 1 aliphatic heterocycles. The van der Waals surface area contributed by atoms with Crippen LogP contribution < -0.4 is 0 Å². The number of nitrogens with zero attached hydrogens (tertiary/aromatic N) is 1. The van der Waals surface area contributed by atoms with E-state index < -0.39 is 6.10 Å². The third-order valence-corrected chi connectivity index (χ3v) is 2.22. The van der Waals surface area contributed by atoms with Crippen molar-refractivity contribution in [3.8, 4) is 0 Å². The zero-order valence-electron chi connectivity index (χ0n) is 7.23. The van der Waals surface area contributed by atoms with Gasteiger partial charge in [-0.1, -0.05) is 0 Å². The van der Waals surface area contributed by atoms with E-state index in [1.54, 1.807) is 4.90 Å². The largest absolute Gasteiger partial charge is 0.396 e. The predicted molar refractivity (Wildman–Crippen MR) is 43.5 cm³/mol. The monoisotopic (exact) mass is 173 g/mol. The number of likely N-dealkylation sites (tertiary alicyclic amines) is 1. The number of carbonyl (C=O) groups excluding carboxylic acids is 1. The van der Waals surface area contributed by atoms with Crippen LogP contribution in [-0.4, -0.2) is 46.3 Å². The molecule has 1 saturated heterocycles. The van der Waals surface area contributed by atoms with Crippen LogP contribution in [0.2, 0.25) is 0 Å². The Labute approximate surface area is 71.8 Å². The van der Waals surface area contributed by atoms with Crippen molar-refractivity contribution in [2.45, 2.75) is 31.9 Å². The van der Waals surface area contributed by atoms with Crippen molar-refractivity contribution < 1.29 is 15.0 Å². The van der Waals surface area contributed by atoms with Crippen LogP contribution in [0.25, 0.3) is 0 Å². The van der Waals surface area contributed by atoms with Gasteiger partial charge in [-0.15, -0.1) is 0 Å². The molecule has 2 atom stereocenters. The molecule has 1 heterocycles. The van der Waals surface area contributed by atoms with Gasteiger partial charge in [-0.25, -0.2) is 0 Å². The molecule has 12 heavy (non-hydrogen) atoms. The van der Waals surface area contributed by atoms with Crippen LogP contribution in [0.3, 0.4) is 0 Å². The molecule has 0 aromatic rings. The van der Waals surface area contributed by atoms with Crippen LogP contribution in [0, 0.1) is 0 Å². The number of aliphatic hydroxyl groups excluding tert-OH is 2. The first-order valence-electron chi connectivity index (χ1n) is 4.23. The molecular weight excluding hydrogens is 158 g/mol. The average molecular weight is 173 g/mol. The van der Waals surface area contributed by atoms with Gasteiger partial charge in [-0.05, 0) is 13.3 Å². The summed E-state index contributed by atoms with van der Waals surface area (Å²) in [7, 11) is 0. The minimum absolute atomic E-state index is 0.0107. The van der Waals surface area contributed by atoms with E-state index in [1.165, 1.54) is 0 Å². The summed E-state index contributed by atoms with van der Waals surface area (Å²) in [5.74, 6) is -0.0107. The normalized spacial score (nSPS) is 26.4. The van der Waals surface area contributed by atoms with Crippen LogP contribution >= 0.6 is 0 Å². The first-order valence-corrected chi connectivity index (χ1v) is 4.23. The number of rotatable bonds is 3. The third-order valence-electron chi connectivity index (χ3n) is 2.22. The Kier molecular flexibility index (Phi) is 3.05. The van der Waals surface area contributed by atoms with Crippen molar-refractivity contribution >= 4 is 5.91 Å². The van der Waals surface area contributed by atoms with Gasteiger partial charge in [-0.3, -0.25) is 4.79 Å². The van der Waals surface area contributed by atoms with Crippen LogP contribution in [0.1, 0.15) is 19.8 Å². The molecule has 70 valence electrons. The lowest BCUT2D eigenvalue weighted by molar-refractivity contribution is -0.129. The molecule has 0 radical (unpaired) electrons. The first-order chi connectivity index (χ1) is 5.65. The topological polar surface area (TPSA) is 60.8 Å². The highest BCUT2D eigenvalue weighted by Gasteiger charge is 2.30. The second-order valence-corrected chi connectivity index (χ2v) is 3.27. The average Bonchev–Trinajstić information content (AvgIpc) is 2.30. The Hall–Kier alpha value is -0.610. The van der Waals surface area contributed by atoms with Crippen LogP contribution in [0.4, 0.5) is 0 Å². The molecule has 0 bridgehead atoms. The Morgan fingerprint density at radius 1 is 1.75 bits per heavy atom. The van der Waals surface area contributed by atoms with Gasteiger partial charge in [0.05, 0.1) is 12.5 Å². The van der Waals surface area contributed by atoms with Crippen LogP contribution in [0.5, 0.6) is 0 Å². The van der Waals surface area contributed by atoms with Crippen LogP contribution in [-0.2, 0) is 4.79 Å². The second-order valence-electron chi connectivity index (χ2n) is 3.27. The summed E-state index contributed by atoms with van der Waals surface area (Å²) >= 11 is 0. The number of amides is 1. The Morgan fingerprint density at radius 3 is 2.83 bits per heavy atom. The standard InChI is InChI=1S/C8H15NO3/c1-6(2-3-10)9-5-7(11)4-8(9)12/h6-7,10-11H,2-5H2,1H3. The zero-order valence-corrected chi connectivity index (χ0v) is 7.23. The minimum Gasteiger partial charge on any atom is -0.396 e. The maximum Gasteiger partial charge on any atom is 0.225 e. The fourth-order valence-electron chi connectivity index (χ4n) is 1.48. The Bertz CT molecular complexity index is 172. The van der Waals surface area contributed by atoms with E-state index >= 15 is 0 Å². The molecular formula is C8H15NO3. The van der Waals surface area contributed by atoms with Crippen molar-refractivity contribution in [1.82, 2.24) is 4.90 Å². The molecule has 4 heteroatoms.